The molecule has 111 heavy (non-hydrogen) atoms. The Balaban J connectivity index is 0.000000254. The van der Waals surface area contributed by atoms with Gasteiger partial charge in [-0.3, -0.25) is 0 Å². The average molecular weight is 2000 g/mol. The molecule has 0 spiro atoms. The van der Waals surface area contributed by atoms with Crippen molar-refractivity contribution in [1.82, 2.24) is 0 Å². The molecule has 2 aromatic rings. The van der Waals surface area contributed by atoms with E-state index in [0.29, 0.717) is 69.4 Å². The molecule has 13 nitrogen and oxygen atoms in total. The van der Waals surface area contributed by atoms with E-state index in [0.717, 1.165) is 97.1 Å². The van der Waals surface area contributed by atoms with Crippen molar-refractivity contribution in [2.24, 2.45) is 34.5 Å². The van der Waals surface area contributed by atoms with Gasteiger partial charge >= 0.3 is 64.9 Å². The summed E-state index contributed by atoms with van der Waals surface area (Å²) in [4.78, 5) is -0.278. The Morgan fingerprint density at radius 1 is 0.586 bits per heavy atom. The molecule has 12 atom stereocenters. The second-order valence-corrected chi connectivity index (χ2v) is 90.8. The molecular formula is C89H139I3O13PS2Si2V. The molecule has 0 bridgehead atoms. The van der Waals surface area contributed by atoms with Gasteiger partial charge in [0.25, 0.3) is 0 Å². The first-order valence-corrected chi connectivity index (χ1v) is 64.5. The maximum atomic E-state index is 14.7. The van der Waals surface area contributed by atoms with Crippen LogP contribution in [0.3, 0.4) is 0 Å². The molecule has 0 amide bonds. The van der Waals surface area contributed by atoms with Gasteiger partial charge in [0.2, 0.25) is 29.9 Å². The van der Waals surface area contributed by atoms with Crippen molar-refractivity contribution < 1.29 is 65.1 Å². The van der Waals surface area contributed by atoms with Crippen LogP contribution in [0.15, 0.2) is 177 Å². The molecule has 2 aromatic carbocycles. The predicted molar refractivity (Wildman–Crippen MR) is 493 cm³/mol. The van der Waals surface area contributed by atoms with Crippen molar-refractivity contribution in [3.8, 4) is 0 Å². The molecule has 0 aliphatic heterocycles. The van der Waals surface area contributed by atoms with Crippen LogP contribution in [0.25, 0.3) is 0 Å². The van der Waals surface area contributed by atoms with Gasteiger partial charge in [-0.25, -0.2) is 16.8 Å². The van der Waals surface area contributed by atoms with E-state index in [4.69, 9.17) is 18.3 Å². The zero-order valence-corrected chi connectivity index (χ0v) is 83.6. The van der Waals surface area contributed by atoms with Gasteiger partial charge in [-0.05, 0) is 245 Å². The molecule has 0 saturated heterocycles. The Kier molecular flexibility index (Phi) is 36.1. The molecule has 0 radical (unpaired) electrons. The summed E-state index contributed by atoms with van der Waals surface area (Å²) in [7, 11) is -11.1. The minimum atomic E-state index is -3.51. The summed E-state index contributed by atoms with van der Waals surface area (Å²) in [6.45, 7) is 46.8. The first-order valence-electron chi connectivity index (χ1n) is 40.3. The molecule has 4 N–H and O–H groups in total. The summed E-state index contributed by atoms with van der Waals surface area (Å²) >= 11 is 7.39. The Labute approximate surface area is 712 Å². The van der Waals surface area contributed by atoms with Gasteiger partial charge in [0.1, 0.15) is 7.14 Å². The summed E-state index contributed by atoms with van der Waals surface area (Å²) in [5.74, 6) is 1.38. The SMILES string of the molecule is C=C1/C(=C\CP(=O)(c2ccccc2)c2ccccc2)C[C@@H](O[Si](C)(C)C(C)(C)C)C[C@@H]1O[Si](C)(C)C(C)(C)C.CO/C(=C/C[C@@H](C)C1=CC[C@H]2/C(=C/C=C3CC(O)CC(O)C3)CCC[C@]12C)S(=O)(=O)C(C)(C)C.CO/C(=C\C[C@@H](C)C1=CC[C@H]2/C(=C/C=C3CC(O)CC(O)C3)CCC[C@]12C)S(=O)(=O)C(C)(C)C.[I][V]([I])[I]. The molecular weight excluding hydrogens is 1860 g/mol. The van der Waals surface area contributed by atoms with Crippen LogP contribution < -0.4 is 10.6 Å². The van der Waals surface area contributed by atoms with Crippen molar-refractivity contribution in [3.63, 3.8) is 0 Å². The normalized spacial score (nSPS) is 27.8. The van der Waals surface area contributed by atoms with E-state index in [1.165, 1.54) is 36.5 Å². The number of hydrogen-bond donors (Lipinski definition) is 4. The summed E-state index contributed by atoms with van der Waals surface area (Å²) in [6, 6.07) is 19.8. The minimum absolute atomic E-state index is 0.0604. The van der Waals surface area contributed by atoms with E-state index >= 15 is 0 Å². The van der Waals surface area contributed by atoms with Crippen LogP contribution in [0, 0.1) is 34.5 Å². The molecule has 0 aromatic heterocycles. The summed E-state index contributed by atoms with van der Waals surface area (Å²) in [5, 5.41) is 42.1. The molecule has 22 heteroatoms. The van der Waals surface area contributed by atoms with Gasteiger partial charge in [0.05, 0.1) is 60.3 Å². The Hall–Kier alpha value is -1.46. The second kappa shape index (κ2) is 40.7. The van der Waals surface area contributed by atoms with Gasteiger partial charge in [0.15, 0.2) is 16.6 Å². The molecule has 5 saturated carbocycles. The number of aliphatic hydroxyl groups is 4. The van der Waals surface area contributed by atoms with E-state index in [2.05, 4.69) is 204 Å². The molecule has 0 heterocycles. The number of fused-ring (bicyclic) bond motifs is 2. The topological polar surface area (TPSA) is 203 Å². The Morgan fingerprint density at radius 3 is 1.27 bits per heavy atom. The first kappa shape index (κ1) is 98.4. The second-order valence-electron chi connectivity index (χ2n) is 37.8. The van der Waals surface area contributed by atoms with Crippen LogP contribution in [-0.2, 0) is 47.5 Å². The van der Waals surface area contributed by atoms with E-state index in [9.17, 15) is 41.8 Å². The zero-order valence-electron chi connectivity index (χ0n) is 71.2. The van der Waals surface area contributed by atoms with Crippen LogP contribution >= 0.6 is 67.1 Å². The number of rotatable bonds is 20. The van der Waals surface area contributed by atoms with E-state index in [1.807, 2.05) is 60.7 Å². The van der Waals surface area contributed by atoms with Crippen molar-refractivity contribution in [3.05, 3.63) is 177 Å². The molecule has 4 unspecified atom stereocenters. The van der Waals surface area contributed by atoms with Crippen molar-refractivity contribution in [1.29, 1.82) is 0 Å². The van der Waals surface area contributed by atoms with E-state index in [1.54, 1.807) is 53.7 Å². The number of benzene rings is 2. The van der Waals surface area contributed by atoms with Crippen LogP contribution in [0.1, 0.15) is 226 Å². The van der Waals surface area contributed by atoms with Crippen LogP contribution in [0.2, 0.25) is 36.3 Å². The zero-order chi connectivity index (χ0) is 83.5. The molecule has 9 rings (SSSR count). The van der Waals surface area contributed by atoms with E-state index < -0.39 is 77.4 Å². The van der Waals surface area contributed by atoms with Gasteiger partial charge < -0.3 is 43.3 Å². The van der Waals surface area contributed by atoms with Gasteiger partial charge in [-0.15, -0.1) is 0 Å². The summed E-state index contributed by atoms with van der Waals surface area (Å²) in [5.41, 5.74) is 10.4. The number of aliphatic hydroxyl groups excluding tert-OH is 4. The quantitative estimate of drug-likeness (QED) is 0.0321. The third kappa shape index (κ3) is 25.8. The monoisotopic (exact) mass is 2000 g/mol. The Morgan fingerprint density at radius 2 is 0.937 bits per heavy atom. The number of halogens is 3. The molecule has 624 valence electrons. The van der Waals surface area contributed by atoms with Crippen LogP contribution in [-0.4, -0.2) is 120 Å². The molecule has 7 aliphatic carbocycles. The number of allylic oxidation sites excluding steroid dienone is 13. The van der Waals surface area contributed by atoms with Crippen molar-refractivity contribution in [2.75, 3.05) is 20.4 Å². The Bertz CT molecular complexity index is 3830. The van der Waals surface area contributed by atoms with Crippen molar-refractivity contribution >= 4 is 114 Å². The van der Waals surface area contributed by atoms with Gasteiger partial charge in [-0.2, -0.15) is 0 Å². The third-order valence-electron chi connectivity index (χ3n) is 25.4. The molecule has 7 aliphatic rings. The number of sulfone groups is 2. The number of ether oxygens (including phenoxy) is 2. The summed E-state index contributed by atoms with van der Waals surface area (Å²) < 4.78 is 88.9. The summed E-state index contributed by atoms with van der Waals surface area (Å²) in [6.07, 6.45) is 33.0. The average Bonchev–Trinajstić information content (AvgIpc) is 1.63. The van der Waals surface area contributed by atoms with Crippen LogP contribution in [0.5, 0.6) is 0 Å². The fourth-order valence-corrected chi connectivity index (χ4v) is 24.3. The predicted octanol–water partition coefficient (Wildman–Crippen LogP) is 22.9. The third-order valence-corrected chi connectivity index (χ3v) is 42.4. The van der Waals surface area contributed by atoms with Gasteiger partial charge in [-0.1, -0.05) is 212 Å². The van der Waals surface area contributed by atoms with Gasteiger partial charge in [0, 0.05) is 23.2 Å². The van der Waals surface area contributed by atoms with Crippen LogP contribution in [0.4, 0.5) is 0 Å². The fraction of sp³-hybridized carbons (Fsp3) is 0.640. The molecule has 5 fully saturated rings. The standard InChI is InChI=1S/C33H51O3PSi2.2C28H44O5S.3HI.V/c1-26-27(22-23-37(34,29-18-14-12-15-19-29)30-20-16-13-17-21-30)24-28(35-38(8,9)32(2,3)4)25-31(26)36-39(10,11)33(5,6)7;2*1-19(9-14-26(33-6)34(31,32)27(2,3)4)24-12-13-25-21(8-7-15-28(24,25)5)11-10-20-16-22(29)18-23(30)17-20;;;;/h12-22,28,31H,1,23-25H2,2-11H3;2*10-12,14,19,22-23,25,29-30H,7-9,13,15-18H2,1-6H3;3*1H;/q;;;;;;+3/p-3/b27-22-;20-10?,21-11+,26-14+;20-10?,21-11+,26-14-;;;;/t28-,31+;2*19-,22?,23?,25+,28-;;;;/m111..../s1. The first-order chi connectivity index (χ1) is 51.2. The number of methoxy groups -OCH3 is 2. The fourth-order valence-electron chi connectivity index (χ4n) is 16.8. The number of hydrogen-bond acceptors (Lipinski definition) is 13. The van der Waals surface area contributed by atoms with E-state index in [-0.39, 0.29) is 60.1 Å². The van der Waals surface area contributed by atoms with Crippen molar-refractivity contribution in [2.45, 2.75) is 309 Å². The maximum absolute atomic E-state index is 14.7.